The van der Waals surface area contributed by atoms with Gasteiger partial charge in [0.15, 0.2) is 5.78 Å². The predicted octanol–water partition coefficient (Wildman–Crippen LogP) is 5.32. The standard InChI is InChI=1S/C29H23Cl2N3O3/c1-15-6-4-8-19-23(15)33-27(37)29(19)25(24(35)17-12-11-16(30)14-20(17)31)28(22-10-5-13-34(22)29)18-7-2-3-9-21(18)32-26(28)36/h2-4,6-9,11-12,14,22,25H,5,10,13H2,1H3,(H,32,36)(H,33,37)/t22-,25+,28-,29-/m0/s1. The summed E-state index contributed by atoms with van der Waals surface area (Å²) in [4.78, 5) is 45.5. The van der Waals surface area contributed by atoms with Crippen LogP contribution in [0.1, 0.15) is 39.9 Å². The summed E-state index contributed by atoms with van der Waals surface area (Å²) in [5.74, 6) is -1.91. The second-order valence-electron chi connectivity index (χ2n) is 10.4. The number of nitrogens with zero attached hydrogens (tertiary/aromatic N) is 1. The lowest BCUT2D eigenvalue weighted by molar-refractivity contribution is -0.128. The molecule has 2 amide bonds. The lowest BCUT2D eigenvalue weighted by atomic mass is 9.60. The molecule has 4 aliphatic heterocycles. The fourth-order valence-corrected chi connectivity index (χ4v) is 8.07. The monoisotopic (exact) mass is 531 g/mol. The minimum absolute atomic E-state index is 0.199. The maximum absolute atomic E-state index is 14.8. The number of rotatable bonds is 2. The van der Waals surface area contributed by atoms with Crippen molar-refractivity contribution in [3.63, 3.8) is 0 Å². The molecular formula is C29H23Cl2N3O3. The summed E-state index contributed by atoms with van der Waals surface area (Å²) in [7, 11) is 0. The van der Waals surface area contributed by atoms with E-state index >= 15 is 0 Å². The molecule has 2 spiro atoms. The molecule has 7 rings (SSSR count). The quantitative estimate of drug-likeness (QED) is 0.439. The van der Waals surface area contributed by atoms with Gasteiger partial charge in [-0.05, 0) is 61.7 Å². The van der Waals surface area contributed by atoms with Crippen molar-refractivity contribution in [1.82, 2.24) is 4.90 Å². The highest BCUT2D eigenvalue weighted by Crippen LogP contribution is 2.66. The van der Waals surface area contributed by atoms with Gasteiger partial charge >= 0.3 is 0 Å². The Bertz CT molecular complexity index is 1560. The van der Waals surface area contributed by atoms with E-state index in [9.17, 15) is 14.4 Å². The van der Waals surface area contributed by atoms with E-state index in [1.807, 2.05) is 49.4 Å². The lowest BCUT2D eigenvalue weighted by Gasteiger charge is -2.38. The second-order valence-corrected chi connectivity index (χ2v) is 11.2. The van der Waals surface area contributed by atoms with Crippen LogP contribution in [-0.4, -0.2) is 35.1 Å². The molecule has 0 aliphatic carbocycles. The third kappa shape index (κ3) is 2.63. The van der Waals surface area contributed by atoms with Gasteiger partial charge in [-0.1, -0.05) is 59.6 Å². The largest absolute Gasteiger partial charge is 0.325 e. The number of benzene rings is 3. The predicted molar refractivity (Wildman–Crippen MR) is 142 cm³/mol. The normalized spacial score (nSPS) is 29.4. The fourth-order valence-electron chi connectivity index (χ4n) is 7.56. The van der Waals surface area contributed by atoms with Gasteiger partial charge in [-0.3, -0.25) is 19.3 Å². The Labute approximate surface area is 223 Å². The van der Waals surface area contributed by atoms with Crippen molar-refractivity contribution in [2.75, 3.05) is 17.2 Å². The van der Waals surface area contributed by atoms with E-state index in [1.54, 1.807) is 12.1 Å². The highest BCUT2D eigenvalue weighted by molar-refractivity contribution is 6.37. The summed E-state index contributed by atoms with van der Waals surface area (Å²) in [6.07, 6.45) is 1.51. The second kappa shape index (κ2) is 7.67. The average Bonchev–Trinajstić information content (AvgIpc) is 3.59. The number of para-hydroxylation sites is 2. The summed E-state index contributed by atoms with van der Waals surface area (Å²) in [6.45, 7) is 2.54. The Morgan fingerprint density at radius 2 is 1.76 bits per heavy atom. The zero-order chi connectivity index (χ0) is 25.7. The van der Waals surface area contributed by atoms with Crippen LogP contribution in [0.2, 0.25) is 10.0 Å². The molecule has 0 aromatic heterocycles. The van der Waals surface area contributed by atoms with E-state index in [4.69, 9.17) is 23.2 Å². The number of nitrogens with one attached hydrogen (secondary N) is 2. The van der Waals surface area contributed by atoms with Gasteiger partial charge in [-0.2, -0.15) is 0 Å². The van der Waals surface area contributed by atoms with Gasteiger partial charge in [0.2, 0.25) is 11.8 Å². The Kier molecular flexibility index (Phi) is 4.76. The van der Waals surface area contributed by atoms with Crippen LogP contribution in [0.5, 0.6) is 0 Å². The Morgan fingerprint density at radius 3 is 2.57 bits per heavy atom. The van der Waals surface area contributed by atoms with E-state index in [0.29, 0.717) is 29.4 Å². The molecule has 2 saturated heterocycles. The van der Waals surface area contributed by atoms with Crippen LogP contribution in [0.4, 0.5) is 11.4 Å². The molecule has 2 fully saturated rings. The molecule has 4 aliphatic rings. The van der Waals surface area contributed by atoms with E-state index in [0.717, 1.165) is 23.1 Å². The van der Waals surface area contributed by atoms with Crippen LogP contribution in [0, 0.1) is 12.8 Å². The summed E-state index contributed by atoms with van der Waals surface area (Å²) in [6, 6.07) is 17.7. The summed E-state index contributed by atoms with van der Waals surface area (Å²) in [5, 5.41) is 6.76. The van der Waals surface area contributed by atoms with E-state index in [-0.39, 0.29) is 34.2 Å². The Morgan fingerprint density at radius 1 is 0.973 bits per heavy atom. The molecule has 0 unspecified atom stereocenters. The maximum Gasteiger partial charge on any atom is 0.250 e. The SMILES string of the molecule is Cc1cccc2c1NC(=O)[C@@]21[C@H](C(=O)c2ccc(Cl)cc2Cl)[C@@]2(C(=O)Nc3ccccc32)[C@@H]2CCCN21. The zero-order valence-electron chi connectivity index (χ0n) is 20.0. The van der Waals surface area contributed by atoms with Gasteiger partial charge in [0, 0.05) is 33.6 Å². The van der Waals surface area contributed by atoms with Crippen LogP contribution in [-0.2, 0) is 20.5 Å². The molecule has 186 valence electrons. The molecule has 37 heavy (non-hydrogen) atoms. The number of anilines is 2. The molecule has 3 aromatic rings. The van der Waals surface area contributed by atoms with Gasteiger partial charge in [0.05, 0.1) is 10.9 Å². The van der Waals surface area contributed by atoms with Crippen LogP contribution in [0.15, 0.2) is 60.7 Å². The molecule has 0 saturated carbocycles. The van der Waals surface area contributed by atoms with Gasteiger partial charge in [-0.25, -0.2) is 0 Å². The highest BCUT2D eigenvalue weighted by Gasteiger charge is 2.78. The number of halogens is 2. The maximum atomic E-state index is 14.8. The first kappa shape index (κ1) is 23.0. The first-order valence-corrected chi connectivity index (χ1v) is 13.2. The zero-order valence-corrected chi connectivity index (χ0v) is 21.5. The number of Topliss-reactive ketones (excluding diaryl/α,β-unsaturated/α-hetero) is 1. The van der Waals surface area contributed by atoms with Crippen LogP contribution in [0.3, 0.4) is 0 Å². The van der Waals surface area contributed by atoms with Crippen molar-refractivity contribution >= 4 is 52.2 Å². The average molecular weight is 532 g/mol. The first-order chi connectivity index (χ1) is 17.8. The molecule has 6 nitrogen and oxygen atoms in total. The molecule has 0 bridgehead atoms. The van der Waals surface area contributed by atoms with E-state index in [1.165, 1.54) is 6.07 Å². The number of carbonyl (C=O) groups is 3. The molecule has 4 atom stereocenters. The van der Waals surface area contributed by atoms with Crippen LogP contribution < -0.4 is 10.6 Å². The number of aryl methyl sites for hydroxylation is 1. The molecule has 4 heterocycles. The molecule has 0 radical (unpaired) electrons. The molecule has 8 heteroatoms. The topological polar surface area (TPSA) is 78.5 Å². The number of carbonyl (C=O) groups excluding carboxylic acids is 3. The molecular weight excluding hydrogens is 509 g/mol. The lowest BCUT2D eigenvalue weighted by Crippen LogP contribution is -2.55. The summed E-state index contributed by atoms with van der Waals surface area (Å²) >= 11 is 12.8. The third-order valence-corrected chi connectivity index (χ3v) is 9.38. The van der Waals surface area contributed by atoms with Crippen molar-refractivity contribution in [2.45, 2.75) is 36.8 Å². The number of hydrogen-bond acceptors (Lipinski definition) is 4. The number of amides is 2. The van der Waals surface area contributed by atoms with E-state index in [2.05, 4.69) is 15.5 Å². The van der Waals surface area contributed by atoms with Crippen molar-refractivity contribution in [2.24, 2.45) is 5.92 Å². The van der Waals surface area contributed by atoms with Crippen molar-refractivity contribution < 1.29 is 14.4 Å². The summed E-state index contributed by atoms with van der Waals surface area (Å²) < 4.78 is 0. The van der Waals surface area contributed by atoms with Crippen molar-refractivity contribution in [3.8, 4) is 0 Å². The molecule has 2 N–H and O–H groups in total. The minimum atomic E-state index is -1.36. The smallest absolute Gasteiger partial charge is 0.250 e. The van der Waals surface area contributed by atoms with Crippen molar-refractivity contribution in [3.05, 3.63) is 93.0 Å². The van der Waals surface area contributed by atoms with Crippen LogP contribution >= 0.6 is 23.2 Å². The third-order valence-electron chi connectivity index (χ3n) is 8.83. The first-order valence-electron chi connectivity index (χ1n) is 12.4. The van der Waals surface area contributed by atoms with E-state index < -0.39 is 16.9 Å². The summed E-state index contributed by atoms with van der Waals surface area (Å²) in [5.41, 5.74) is 1.41. The highest BCUT2D eigenvalue weighted by atomic mass is 35.5. The Balaban J connectivity index is 1.60. The van der Waals surface area contributed by atoms with Crippen molar-refractivity contribution in [1.29, 1.82) is 0 Å². The number of ketones is 1. The fraction of sp³-hybridized carbons (Fsp3) is 0.276. The van der Waals surface area contributed by atoms with Gasteiger partial charge in [-0.15, -0.1) is 0 Å². The number of hydrogen-bond donors (Lipinski definition) is 2. The number of fused-ring (bicyclic) bond motifs is 7. The molecule has 3 aromatic carbocycles. The Hall–Kier alpha value is -3.19. The van der Waals surface area contributed by atoms with Gasteiger partial charge in [0.25, 0.3) is 0 Å². The minimum Gasteiger partial charge on any atom is -0.325 e. The van der Waals surface area contributed by atoms with Gasteiger partial charge < -0.3 is 10.6 Å². The van der Waals surface area contributed by atoms with Gasteiger partial charge in [0.1, 0.15) is 11.0 Å². The van der Waals surface area contributed by atoms with Crippen LogP contribution in [0.25, 0.3) is 0 Å².